The van der Waals surface area contributed by atoms with Gasteiger partial charge in [0, 0.05) is 17.5 Å². The number of aromatic nitrogens is 4. The van der Waals surface area contributed by atoms with Crippen LogP contribution in [0, 0.1) is 0 Å². The molecule has 2 aromatic heterocycles. The fraction of sp³-hybridized carbons (Fsp3) is 0.389. The van der Waals surface area contributed by atoms with Gasteiger partial charge in [0.25, 0.3) is 5.56 Å². The number of methoxy groups -OCH3 is 1. The van der Waals surface area contributed by atoms with Gasteiger partial charge >= 0.3 is 0 Å². The molecule has 1 fully saturated rings. The fourth-order valence-corrected chi connectivity index (χ4v) is 3.86. The zero-order valence-electron chi connectivity index (χ0n) is 14.1. The minimum absolute atomic E-state index is 0.0197. The van der Waals surface area contributed by atoms with Gasteiger partial charge in [0.05, 0.1) is 13.3 Å². The number of ether oxygens (including phenoxy) is 1. The van der Waals surface area contributed by atoms with E-state index in [1.54, 1.807) is 7.11 Å². The van der Waals surface area contributed by atoms with E-state index in [1.165, 1.54) is 24.6 Å². The SMILES string of the molecule is COc1ccccc1C1(CNc2nc3[nH]ncc3c(=O)[nH]2)CCCC1. The monoisotopic (exact) mass is 339 g/mol. The number of para-hydroxylation sites is 1. The van der Waals surface area contributed by atoms with Crippen molar-refractivity contribution in [3.8, 4) is 5.75 Å². The standard InChI is InChI=1S/C18H21N5O2/c1-25-14-7-3-2-6-13(14)18(8-4-5-9-18)11-19-17-21-15-12(10-20-23-15)16(24)22-17/h2-3,6-7,10H,4-5,8-9,11H2,1H3,(H3,19,20,21,22,23,24). The third-order valence-electron chi connectivity index (χ3n) is 5.15. The van der Waals surface area contributed by atoms with Crippen molar-refractivity contribution < 1.29 is 4.74 Å². The van der Waals surface area contributed by atoms with E-state index in [4.69, 9.17) is 4.74 Å². The molecule has 4 rings (SSSR count). The molecule has 0 bridgehead atoms. The molecule has 0 unspecified atom stereocenters. The van der Waals surface area contributed by atoms with Gasteiger partial charge in [-0.3, -0.25) is 14.9 Å². The molecule has 25 heavy (non-hydrogen) atoms. The molecule has 7 heteroatoms. The van der Waals surface area contributed by atoms with Gasteiger partial charge in [-0.15, -0.1) is 0 Å². The van der Waals surface area contributed by atoms with Gasteiger partial charge in [0.15, 0.2) is 5.65 Å². The van der Waals surface area contributed by atoms with Gasteiger partial charge in [-0.1, -0.05) is 31.0 Å². The molecular formula is C18H21N5O2. The summed E-state index contributed by atoms with van der Waals surface area (Å²) in [5, 5.41) is 10.4. The molecule has 0 aliphatic heterocycles. The predicted octanol–water partition coefficient (Wildman–Crippen LogP) is 2.58. The molecule has 0 spiro atoms. The Morgan fingerprint density at radius 1 is 1.28 bits per heavy atom. The van der Waals surface area contributed by atoms with E-state index in [0.717, 1.165) is 18.6 Å². The first-order valence-electron chi connectivity index (χ1n) is 8.53. The molecule has 0 saturated heterocycles. The van der Waals surface area contributed by atoms with Crippen LogP contribution in [0.1, 0.15) is 31.2 Å². The number of rotatable bonds is 5. The summed E-state index contributed by atoms with van der Waals surface area (Å²) < 4.78 is 5.59. The lowest BCUT2D eigenvalue weighted by Crippen LogP contribution is -2.32. The Kier molecular flexibility index (Phi) is 3.91. The summed E-state index contributed by atoms with van der Waals surface area (Å²) in [6, 6.07) is 8.19. The van der Waals surface area contributed by atoms with E-state index in [9.17, 15) is 4.79 Å². The fourth-order valence-electron chi connectivity index (χ4n) is 3.86. The summed E-state index contributed by atoms with van der Waals surface area (Å²) in [4.78, 5) is 19.3. The van der Waals surface area contributed by atoms with E-state index in [1.807, 2.05) is 12.1 Å². The zero-order chi connectivity index (χ0) is 17.3. The highest BCUT2D eigenvalue weighted by atomic mass is 16.5. The van der Waals surface area contributed by atoms with Crippen LogP contribution in [0.5, 0.6) is 5.75 Å². The number of hydrogen-bond donors (Lipinski definition) is 3. The second kappa shape index (κ2) is 6.23. The number of fused-ring (bicyclic) bond motifs is 1. The number of anilines is 1. The zero-order valence-corrected chi connectivity index (χ0v) is 14.1. The Morgan fingerprint density at radius 3 is 2.88 bits per heavy atom. The topological polar surface area (TPSA) is 95.7 Å². The van der Waals surface area contributed by atoms with Crippen LogP contribution in [-0.2, 0) is 5.41 Å². The molecule has 1 aromatic carbocycles. The lowest BCUT2D eigenvalue weighted by molar-refractivity contribution is 0.381. The van der Waals surface area contributed by atoms with Crippen molar-refractivity contribution >= 4 is 17.0 Å². The number of aromatic amines is 2. The van der Waals surface area contributed by atoms with Gasteiger partial charge < -0.3 is 10.1 Å². The maximum Gasteiger partial charge on any atom is 0.263 e. The van der Waals surface area contributed by atoms with Crippen molar-refractivity contribution in [2.24, 2.45) is 0 Å². The molecule has 0 radical (unpaired) electrons. The van der Waals surface area contributed by atoms with Crippen molar-refractivity contribution in [1.29, 1.82) is 0 Å². The molecule has 7 nitrogen and oxygen atoms in total. The molecule has 1 saturated carbocycles. The van der Waals surface area contributed by atoms with Crippen molar-refractivity contribution in [3.05, 3.63) is 46.4 Å². The third kappa shape index (κ3) is 2.75. The van der Waals surface area contributed by atoms with Crippen LogP contribution in [-0.4, -0.2) is 33.8 Å². The highest BCUT2D eigenvalue weighted by Crippen LogP contribution is 2.44. The van der Waals surface area contributed by atoms with E-state index in [-0.39, 0.29) is 11.0 Å². The van der Waals surface area contributed by atoms with Crippen molar-refractivity contribution in [3.63, 3.8) is 0 Å². The highest BCUT2D eigenvalue weighted by molar-refractivity contribution is 5.73. The number of H-pyrrole nitrogens is 2. The number of hydrogen-bond acceptors (Lipinski definition) is 5. The van der Waals surface area contributed by atoms with Crippen LogP contribution in [0.3, 0.4) is 0 Å². The summed E-state index contributed by atoms with van der Waals surface area (Å²) in [5.74, 6) is 1.37. The number of nitrogens with zero attached hydrogens (tertiary/aromatic N) is 2. The van der Waals surface area contributed by atoms with Crippen LogP contribution in [0.4, 0.5) is 5.95 Å². The Balaban J connectivity index is 1.65. The third-order valence-corrected chi connectivity index (χ3v) is 5.15. The Morgan fingerprint density at radius 2 is 2.08 bits per heavy atom. The van der Waals surface area contributed by atoms with Crippen LogP contribution in [0.15, 0.2) is 35.3 Å². The summed E-state index contributed by atoms with van der Waals surface area (Å²) in [5.41, 5.74) is 1.49. The van der Waals surface area contributed by atoms with Crippen LogP contribution >= 0.6 is 0 Å². The highest BCUT2D eigenvalue weighted by Gasteiger charge is 2.37. The van der Waals surface area contributed by atoms with E-state index in [0.29, 0.717) is 23.5 Å². The van der Waals surface area contributed by atoms with E-state index in [2.05, 4.69) is 37.6 Å². The molecule has 1 aliphatic rings. The maximum absolute atomic E-state index is 12.1. The van der Waals surface area contributed by atoms with Crippen LogP contribution in [0.25, 0.3) is 11.0 Å². The quantitative estimate of drug-likeness (QED) is 0.664. The molecule has 0 atom stereocenters. The molecule has 1 aliphatic carbocycles. The summed E-state index contributed by atoms with van der Waals surface area (Å²) in [6.45, 7) is 0.690. The van der Waals surface area contributed by atoms with Gasteiger partial charge in [0.2, 0.25) is 5.95 Å². The summed E-state index contributed by atoms with van der Waals surface area (Å²) in [6.07, 6.45) is 6.01. The first-order valence-corrected chi connectivity index (χ1v) is 8.53. The van der Waals surface area contributed by atoms with Crippen LogP contribution < -0.4 is 15.6 Å². The largest absolute Gasteiger partial charge is 0.496 e. The Hall–Kier alpha value is -2.83. The first kappa shape index (κ1) is 15.7. The second-order valence-corrected chi connectivity index (χ2v) is 6.59. The Labute approximate surface area is 144 Å². The van der Waals surface area contributed by atoms with Crippen molar-refractivity contribution in [2.45, 2.75) is 31.1 Å². The summed E-state index contributed by atoms with van der Waals surface area (Å²) >= 11 is 0. The number of benzene rings is 1. The normalized spacial score (nSPS) is 16.2. The van der Waals surface area contributed by atoms with Crippen molar-refractivity contribution in [1.82, 2.24) is 20.2 Å². The minimum atomic E-state index is -0.195. The summed E-state index contributed by atoms with van der Waals surface area (Å²) in [7, 11) is 1.71. The first-order chi connectivity index (χ1) is 12.2. The van der Waals surface area contributed by atoms with E-state index >= 15 is 0 Å². The predicted molar refractivity (Wildman–Crippen MR) is 96.1 cm³/mol. The lowest BCUT2D eigenvalue weighted by atomic mass is 9.78. The molecule has 2 heterocycles. The molecule has 0 amide bonds. The lowest BCUT2D eigenvalue weighted by Gasteiger charge is -2.31. The molecular weight excluding hydrogens is 318 g/mol. The number of nitrogens with one attached hydrogen (secondary N) is 3. The molecule has 3 N–H and O–H groups in total. The van der Waals surface area contributed by atoms with Crippen LogP contribution in [0.2, 0.25) is 0 Å². The molecule has 3 aromatic rings. The van der Waals surface area contributed by atoms with Crippen molar-refractivity contribution in [2.75, 3.05) is 19.0 Å². The second-order valence-electron chi connectivity index (χ2n) is 6.59. The van der Waals surface area contributed by atoms with Gasteiger partial charge in [0.1, 0.15) is 11.1 Å². The van der Waals surface area contributed by atoms with Gasteiger partial charge in [-0.05, 0) is 18.9 Å². The average molecular weight is 339 g/mol. The van der Waals surface area contributed by atoms with E-state index < -0.39 is 0 Å². The average Bonchev–Trinajstić information content (AvgIpc) is 3.30. The van der Waals surface area contributed by atoms with Gasteiger partial charge in [-0.25, -0.2) is 0 Å². The Bertz CT molecular complexity index is 940. The maximum atomic E-state index is 12.1. The molecule has 130 valence electrons. The minimum Gasteiger partial charge on any atom is -0.496 e. The van der Waals surface area contributed by atoms with Gasteiger partial charge in [-0.2, -0.15) is 10.1 Å². The smallest absolute Gasteiger partial charge is 0.263 e.